The van der Waals surface area contributed by atoms with Gasteiger partial charge < -0.3 is 10.2 Å². The lowest BCUT2D eigenvalue weighted by Crippen LogP contribution is -1.86. The van der Waals surface area contributed by atoms with E-state index in [0.29, 0.717) is 3.53 Å². The maximum Gasteiger partial charge on any atom is 0.303 e. The molecule has 0 rings (SSSR count). The van der Waals surface area contributed by atoms with Crippen molar-refractivity contribution in [3.05, 3.63) is 0 Å². The molecule has 0 saturated carbocycles. The van der Waals surface area contributed by atoms with E-state index in [1.165, 1.54) is 0 Å². The molecule has 0 aliphatic carbocycles. The molecule has 0 aromatic heterocycles. The number of hydrogen-bond acceptors (Lipinski definition) is 3. The van der Waals surface area contributed by atoms with Gasteiger partial charge in [-0.15, -0.1) is 25.3 Å². The van der Waals surface area contributed by atoms with Crippen LogP contribution in [0.15, 0.2) is 0 Å². The summed E-state index contributed by atoms with van der Waals surface area (Å²) >= 11 is 11.4. The molecule has 0 heterocycles. The summed E-state index contributed by atoms with van der Waals surface area (Å²) in [4.78, 5) is 18.7. The van der Waals surface area contributed by atoms with Gasteiger partial charge in [0.05, 0.1) is 3.53 Å². The van der Waals surface area contributed by atoms with E-state index in [-0.39, 0.29) is 12.8 Å². The van der Waals surface area contributed by atoms with Crippen LogP contribution >= 0.6 is 37.5 Å². The van der Waals surface area contributed by atoms with E-state index >= 15 is 0 Å². The van der Waals surface area contributed by atoms with Gasteiger partial charge in [0.15, 0.2) is 0 Å². The van der Waals surface area contributed by atoms with Crippen molar-refractivity contribution in [2.75, 3.05) is 0 Å². The highest BCUT2D eigenvalue weighted by atomic mass is 32.2. The fraction of sp³-hybridized carbons (Fsp3) is 0.571. The number of hydrogen-bond donors (Lipinski definition) is 4. The molecule has 0 aromatic carbocycles. The van der Waals surface area contributed by atoms with Crippen LogP contribution in [0.25, 0.3) is 0 Å². The third-order valence-corrected chi connectivity index (χ3v) is 0.605. The largest absolute Gasteiger partial charge is 0.481 e. The number of thiol groups is 2. The maximum atomic E-state index is 9.37. The van der Waals surface area contributed by atoms with Gasteiger partial charge in [0.1, 0.15) is 0 Å². The minimum absolute atomic E-state index is 0.222. The molecule has 0 aliphatic heterocycles. The SMILES string of the molecule is CCC(=O)O.CCC(=O)O.S=C(S)S. The fourth-order valence-electron chi connectivity index (χ4n) is 0. The molecular weight excluding hydrogens is 244 g/mol. The van der Waals surface area contributed by atoms with E-state index in [0.717, 1.165) is 0 Å². The zero-order valence-corrected chi connectivity index (χ0v) is 10.5. The van der Waals surface area contributed by atoms with Crippen molar-refractivity contribution in [1.29, 1.82) is 0 Å². The Bertz CT molecular complexity index is 164. The number of aliphatic carboxylic acids is 2. The lowest BCUT2D eigenvalue weighted by atomic mass is 10.5. The maximum absolute atomic E-state index is 9.37. The molecule has 14 heavy (non-hydrogen) atoms. The fourth-order valence-corrected chi connectivity index (χ4v) is 0. The Hall–Kier alpha value is -0.270. The molecule has 0 unspecified atom stereocenters. The molecule has 0 fully saturated rings. The van der Waals surface area contributed by atoms with Gasteiger partial charge in [-0.1, -0.05) is 26.1 Å². The van der Waals surface area contributed by atoms with Crippen LogP contribution in [0.5, 0.6) is 0 Å². The van der Waals surface area contributed by atoms with Crippen molar-refractivity contribution in [1.82, 2.24) is 0 Å². The molecule has 4 nitrogen and oxygen atoms in total. The topological polar surface area (TPSA) is 74.6 Å². The van der Waals surface area contributed by atoms with Crippen LogP contribution in [0.3, 0.4) is 0 Å². The lowest BCUT2D eigenvalue weighted by molar-refractivity contribution is -0.137. The molecular formula is C7H14O4S3. The first kappa shape index (κ1) is 19.3. The van der Waals surface area contributed by atoms with E-state index < -0.39 is 11.9 Å². The molecule has 0 atom stereocenters. The van der Waals surface area contributed by atoms with Crippen LogP contribution in [-0.4, -0.2) is 25.7 Å². The molecule has 0 spiro atoms. The first-order valence-corrected chi connectivity index (χ1v) is 4.93. The summed E-state index contributed by atoms with van der Waals surface area (Å²) in [5.74, 6) is -1.49. The van der Waals surface area contributed by atoms with E-state index in [4.69, 9.17) is 10.2 Å². The first-order chi connectivity index (χ1) is 6.27. The van der Waals surface area contributed by atoms with Crippen molar-refractivity contribution in [3.63, 3.8) is 0 Å². The molecule has 2 N–H and O–H groups in total. The number of carboxylic acids is 2. The van der Waals surface area contributed by atoms with Gasteiger partial charge in [-0.25, -0.2) is 0 Å². The lowest BCUT2D eigenvalue weighted by Gasteiger charge is -1.71. The van der Waals surface area contributed by atoms with Gasteiger partial charge >= 0.3 is 11.9 Å². The van der Waals surface area contributed by atoms with Crippen LogP contribution in [0.4, 0.5) is 0 Å². The molecule has 0 amide bonds. The van der Waals surface area contributed by atoms with Crippen molar-refractivity contribution in [2.45, 2.75) is 26.7 Å². The second-order valence-electron chi connectivity index (χ2n) is 1.78. The highest BCUT2D eigenvalue weighted by molar-refractivity contribution is 8.34. The Morgan fingerprint density at radius 2 is 1.14 bits per heavy atom. The van der Waals surface area contributed by atoms with Crippen molar-refractivity contribution >= 4 is 52.9 Å². The summed E-state index contributed by atoms with van der Waals surface area (Å²) in [6.07, 6.45) is 0.444. The number of thiocarbonyl (C=S) groups is 1. The average Bonchev–Trinajstić information content (AvgIpc) is 2.04. The third-order valence-electron chi connectivity index (χ3n) is 0.605. The molecule has 0 aromatic rings. The molecule has 84 valence electrons. The summed E-state index contributed by atoms with van der Waals surface area (Å²) in [6, 6.07) is 0. The van der Waals surface area contributed by atoms with Crippen LogP contribution in [0, 0.1) is 0 Å². The summed E-state index contributed by atoms with van der Waals surface area (Å²) in [6.45, 7) is 3.20. The third kappa shape index (κ3) is 97.1. The molecule has 0 saturated heterocycles. The van der Waals surface area contributed by atoms with Crippen molar-refractivity contribution in [2.24, 2.45) is 0 Å². The number of carboxylic acid groups (broad SMARTS) is 2. The predicted octanol–water partition coefficient (Wildman–Crippen LogP) is 2.09. The van der Waals surface area contributed by atoms with Gasteiger partial charge in [0, 0.05) is 12.8 Å². The highest BCUT2D eigenvalue weighted by Gasteiger charge is 1.81. The predicted molar refractivity (Wildman–Crippen MR) is 66.4 cm³/mol. The van der Waals surface area contributed by atoms with E-state index in [1.54, 1.807) is 13.8 Å². The average molecular weight is 258 g/mol. The second-order valence-corrected chi connectivity index (χ2v) is 4.04. The van der Waals surface area contributed by atoms with Crippen molar-refractivity contribution in [3.8, 4) is 0 Å². The van der Waals surface area contributed by atoms with E-state index in [9.17, 15) is 9.59 Å². The summed E-state index contributed by atoms with van der Waals surface area (Å²) in [5.41, 5.74) is 0. The number of carbonyl (C=O) groups is 2. The molecule has 7 heteroatoms. The quantitative estimate of drug-likeness (QED) is 0.451. The van der Waals surface area contributed by atoms with Gasteiger partial charge in [0.25, 0.3) is 0 Å². The van der Waals surface area contributed by atoms with Crippen molar-refractivity contribution < 1.29 is 19.8 Å². The Balaban J connectivity index is -0.000000131. The summed E-state index contributed by atoms with van der Waals surface area (Å²) in [7, 11) is 0. The van der Waals surface area contributed by atoms with Crippen LogP contribution < -0.4 is 0 Å². The first-order valence-electron chi connectivity index (χ1n) is 3.63. The summed E-state index contributed by atoms with van der Waals surface area (Å²) in [5, 5.41) is 15.4. The van der Waals surface area contributed by atoms with Crippen LogP contribution in [-0.2, 0) is 9.59 Å². The van der Waals surface area contributed by atoms with Gasteiger partial charge in [-0.05, 0) is 0 Å². The Kier molecular flexibility index (Phi) is 21.0. The zero-order valence-electron chi connectivity index (χ0n) is 7.93. The van der Waals surface area contributed by atoms with Crippen LogP contribution in [0.2, 0.25) is 0 Å². The van der Waals surface area contributed by atoms with E-state index in [2.05, 4.69) is 37.5 Å². The van der Waals surface area contributed by atoms with Gasteiger partial charge in [0.2, 0.25) is 0 Å². The smallest absolute Gasteiger partial charge is 0.303 e. The van der Waals surface area contributed by atoms with Gasteiger partial charge in [-0.3, -0.25) is 9.59 Å². The Morgan fingerprint density at radius 1 is 1.07 bits per heavy atom. The normalized spacial score (nSPS) is 7.14. The molecule has 0 bridgehead atoms. The monoisotopic (exact) mass is 258 g/mol. The molecule has 0 radical (unpaired) electrons. The summed E-state index contributed by atoms with van der Waals surface area (Å²) < 4.78 is 0.389. The minimum Gasteiger partial charge on any atom is -0.481 e. The zero-order chi connectivity index (χ0) is 12.1. The Morgan fingerprint density at radius 3 is 1.14 bits per heavy atom. The minimum atomic E-state index is -0.745. The van der Waals surface area contributed by atoms with Crippen LogP contribution in [0.1, 0.15) is 26.7 Å². The number of rotatable bonds is 2. The molecule has 0 aliphatic rings. The second kappa shape index (κ2) is 15.2. The van der Waals surface area contributed by atoms with Gasteiger partial charge in [-0.2, -0.15) is 0 Å². The standard InChI is InChI=1S/2C3H6O2.CH2S3/c2*1-2-3(4)5;2-1(3)4/h2*2H2,1H3,(H,4,5);(H2,2,3,4). The van der Waals surface area contributed by atoms with E-state index in [1.807, 2.05) is 0 Å². The Labute approximate surface area is 99.5 Å². The highest BCUT2D eigenvalue weighted by Crippen LogP contribution is 1.83.